The lowest BCUT2D eigenvalue weighted by Gasteiger charge is -2.27. The van der Waals surface area contributed by atoms with Gasteiger partial charge in [-0.2, -0.15) is 0 Å². The Morgan fingerprint density at radius 3 is 2.45 bits per heavy atom. The van der Waals surface area contributed by atoms with Crippen LogP contribution < -0.4 is 5.32 Å². The van der Waals surface area contributed by atoms with Crippen LogP contribution in [0.1, 0.15) is 70.4 Å². The summed E-state index contributed by atoms with van der Waals surface area (Å²) in [5, 5.41) is 3.81. The molecule has 1 aromatic rings. The summed E-state index contributed by atoms with van der Waals surface area (Å²) in [6, 6.07) is 7.95. The Morgan fingerprint density at radius 1 is 1.20 bits per heavy atom. The van der Waals surface area contributed by atoms with Crippen LogP contribution in [0.5, 0.6) is 0 Å². The third-order valence-electron chi connectivity index (χ3n) is 4.69. The minimum atomic E-state index is -0.146. The second-order valence-corrected chi connectivity index (χ2v) is 6.25. The van der Waals surface area contributed by atoms with Crippen LogP contribution in [0.3, 0.4) is 0 Å². The lowest BCUT2D eigenvalue weighted by molar-refractivity contribution is 0.331. The van der Waals surface area contributed by atoms with E-state index in [0.29, 0.717) is 12.1 Å². The smallest absolute Gasteiger partial charge is 0.123 e. The van der Waals surface area contributed by atoms with E-state index in [2.05, 4.69) is 19.2 Å². The molecular formula is C18H28FN. The molecule has 1 N–H and O–H groups in total. The zero-order valence-corrected chi connectivity index (χ0v) is 12.9. The number of hydrogen-bond donors (Lipinski definition) is 1. The van der Waals surface area contributed by atoms with Gasteiger partial charge in [0.05, 0.1) is 0 Å². The van der Waals surface area contributed by atoms with E-state index in [9.17, 15) is 4.39 Å². The molecule has 2 rings (SSSR count). The molecule has 0 radical (unpaired) electrons. The van der Waals surface area contributed by atoms with Crippen molar-refractivity contribution in [1.82, 2.24) is 5.32 Å². The molecule has 0 bridgehead atoms. The zero-order chi connectivity index (χ0) is 14.4. The van der Waals surface area contributed by atoms with E-state index in [1.807, 2.05) is 12.1 Å². The van der Waals surface area contributed by atoms with E-state index in [-0.39, 0.29) is 5.82 Å². The van der Waals surface area contributed by atoms with Gasteiger partial charge in [-0.25, -0.2) is 4.39 Å². The Bertz CT molecular complexity index is 381. The fraction of sp³-hybridized carbons (Fsp3) is 0.667. The maximum Gasteiger partial charge on any atom is 0.123 e. The number of unbranched alkanes of at least 4 members (excludes halogenated alkanes) is 1. The fourth-order valence-corrected chi connectivity index (χ4v) is 3.36. The molecule has 20 heavy (non-hydrogen) atoms. The molecule has 0 aromatic heterocycles. The molecule has 1 aromatic carbocycles. The van der Waals surface area contributed by atoms with Gasteiger partial charge in [0.15, 0.2) is 0 Å². The quantitative estimate of drug-likeness (QED) is 0.720. The molecule has 0 aliphatic heterocycles. The normalized spacial score (nSPS) is 19.1. The molecule has 0 heterocycles. The average Bonchev–Trinajstić information content (AvgIpc) is 2.98. The summed E-state index contributed by atoms with van der Waals surface area (Å²) in [6.45, 7) is 4.54. The molecule has 0 saturated heterocycles. The van der Waals surface area contributed by atoms with E-state index < -0.39 is 0 Å². The van der Waals surface area contributed by atoms with Crippen LogP contribution >= 0.6 is 0 Å². The van der Waals surface area contributed by atoms with Crippen molar-refractivity contribution in [2.45, 2.75) is 70.9 Å². The summed E-state index contributed by atoms with van der Waals surface area (Å²) in [4.78, 5) is 0. The van der Waals surface area contributed by atoms with Crippen LogP contribution in [0.25, 0.3) is 0 Å². The summed E-state index contributed by atoms with van der Waals surface area (Å²) in [5.74, 6) is 0.673. The van der Waals surface area contributed by atoms with Crippen molar-refractivity contribution >= 4 is 0 Å². The van der Waals surface area contributed by atoms with Crippen molar-refractivity contribution in [3.05, 3.63) is 35.6 Å². The number of rotatable bonds is 7. The first kappa shape index (κ1) is 15.5. The first-order valence-corrected chi connectivity index (χ1v) is 8.22. The van der Waals surface area contributed by atoms with E-state index in [4.69, 9.17) is 0 Å². The van der Waals surface area contributed by atoms with Crippen molar-refractivity contribution < 1.29 is 4.39 Å². The third kappa shape index (κ3) is 4.31. The summed E-state index contributed by atoms with van der Waals surface area (Å²) < 4.78 is 13.1. The zero-order valence-electron chi connectivity index (χ0n) is 12.9. The largest absolute Gasteiger partial charge is 0.307 e. The highest BCUT2D eigenvalue weighted by Crippen LogP contribution is 2.30. The van der Waals surface area contributed by atoms with Crippen LogP contribution in [0.15, 0.2) is 24.3 Å². The van der Waals surface area contributed by atoms with Gasteiger partial charge in [-0.3, -0.25) is 0 Å². The highest BCUT2D eigenvalue weighted by Gasteiger charge is 2.24. The minimum Gasteiger partial charge on any atom is -0.307 e. The topological polar surface area (TPSA) is 12.0 Å². The van der Waals surface area contributed by atoms with Crippen LogP contribution in [0.2, 0.25) is 0 Å². The van der Waals surface area contributed by atoms with Crippen LogP contribution in [-0.4, -0.2) is 6.04 Å². The molecule has 2 unspecified atom stereocenters. The summed E-state index contributed by atoms with van der Waals surface area (Å²) in [6.07, 6.45) is 9.04. The van der Waals surface area contributed by atoms with Crippen molar-refractivity contribution in [1.29, 1.82) is 0 Å². The van der Waals surface area contributed by atoms with Gasteiger partial charge in [-0.1, -0.05) is 44.7 Å². The van der Waals surface area contributed by atoms with Gasteiger partial charge in [-0.05, 0) is 49.8 Å². The Hall–Kier alpha value is -0.890. The van der Waals surface area contributed by atoms with E-state index in [1.165, 1.54) is 44.1 Å². The maximum atomic E-state index is 13.1. The van der Waals surface area contributed by atoms with Gasteiger partial charge in [0.1, 0.15) is 5.82 Å². The summed E-state index contributed by atoms with van der Waals surface area (Å²) >= 11 is 0. The monoisotopic (exact) mass is 277 g/mol. The number of halogens is 1. The minimum absolute atomic E-state index is 0.146. The third-order valence-corrected chi connectivity index (χ3v) is 4.69. The molecule has 0 amide bonds. The van der Waals surface area contributed by atoms with E-state index >= 15 is 0 Å². The van der Waals surface area contributed by atoms with Crippen molar-refractivity contribution in [3.63, 3.8) is 0 Å². The molecule has 1 aliphatic carbocycles. The van der Waals surface area contributed by atoms with E-state index in [0.717, 1.165) is 12.3 Å². The van der Waals surface area contributed by atoms with Crippen molar-refractivity contribution in [3.8, 4) is 0 Å². The number of nitrogens with one attached hydrogen (secondary N) is 1. The predicted molar refractivity (Wildman–Crippen MR) is 83.2 cm³/mol. The maximum absolute atomic E-state index is 13.1. The highest BCUT2D eigenvalue weighted by atomic mass is 19.1. The Kier molecular flexibility index (Phi) is 6.03. The lowest BCUT2D eigenvalue weighted by atomic mass is 9.95. The molecule has 1 saturated carbocycles. The van der Waals surface area contributed by atoms with Crippen LogP contribution in [-0.2, 0) is 0 Å². The number of hydrogen-bond acceptors (Lipinski definition) is 1. The average molecular weight is 277 g/mol. The van der Waals surface area contributed by atoms with Crippen LogP contribution in [0, 0.1) is 11.7 Å². The van der Waals surface area contributed by atoms with Gasteiger partial charge in [0.2, 0.25) is 0 Å². The van der Waals surface area contributed by atoms with Gasteiger partial charge < -0.3 is 5.32 Å². The van der Waals surface area contributed by atoms with E-state index in [1.54, 1.807) is 12.1 Å². The Balaban J connectivity index is 2.00. The molecule has 2 heteroatoms. The Labute approximate surface area is 123 Å². The molecule has 1 nitrogen and oxygen atoms in total. The van der Waals surface area contributed by atoms with Gasteiger partial charge in [-0.15, -0.1) is 0 Å². The van der Waals surface area contributed by atoms with Gasteiger partial charge in [0.25, 0.3) is 0 Å². The molecule has 1 aliphatic rings. The summed E-state index contributed by atoms with van der Waals surface area (Å²) in [7, 11) is 0. The highest BCUT2D eigenvalue weighted by molar-refractivity contribution is 5.20. The number of benzene rings is 1. The molecule has 2 atom stereocenters. The SMILES string of the molecule is CCCCC(NC(C)C1CCCC1)c1ccc(F)cc1. The van der Waals surface area contributed by atoms with Gasteiger partial charge in [0, 0.05) is 12.1 Å². The first-order chi connectivity index (χ1) is 9.70. The molecular weight excluding hydrogens is 249 g/mol. The first-order valence-electron chi connectivity index (χ1n) is 8.22. The standard InChI is InChI=1S/C18H28FN/c1-3-4-9-18(16-10-12-17(19)13-11-16)20-14(2)15-7-5-6-8-15/h10-15,18,20H,3-9H2,1-2H3. The summed E-state index contributed by atoms with van der Waals surface area (Å²) in [5.41, 5.74) is 1.23. The fourth-order valence-electron chi connectivity index (χ4n) is 3.36. The second-order valence-electron chi connectivity index (χ2n) is 6.25. The molecule has 112 valence electrons. The van der Waals surface area contributed by atoms with Crippen molar-refractivity contribution in [2.24, 2.45) is 5.92 Å². The molecule has 0 spiro atoms. The second kappa shape index (κ2) is 7.78. The van der Waals surface area contributed by atoms with Crippen LogP contribution in [0.4, 0.5) is 4.39 Å². The van der Waals surface area contributed by atoms with Gasteiger partial charge >= 0.3 is 0 Å². The lowest BCUT2D eigenvalue weighted by Crippen LogP contribution is -2.35. The molecule has 1 fully saturated rings. The van der Waals surface area contributed by atoms with Crippen molar-refractivity contribution in [2.75, 3.05) is 0 Å². The Morgan fingerprint density at radius 2 is 1.85 bits per heavy atom. The predicted octanol–water partition coefficient (Wildman–Crippen LogP) is 5.23.